The van der Waals surface area contributed by atoms with Crippen molar-refractivity contribution in [3.63, 3.8) is 0 Å². The molecule has 1 atom stereocenters. The Hall–Kier alpha value is -4.19. The maximum Gasteiger partial charge on any atom is 0.306 e. The first-order valence-electron chi connectivity index (χ1n) is 32.5. The van der Waals surface area contributed by atoms with Crippen molar-refractivity contribution in [2.75, 3.05) is 13.2 Å². The Bertz CT molecular complexity index is 1620. The minimum absolute atomic E-state index is 0.0846. The van der Waals surface area contributed by atoms with Crippen LogP contribution in [0.3, 0.4) is 0 Å². The van der Waals surface area contributed by atoms with Gasteiger partial charge in [0, 0.05) is 19.3 Å². The molecule has 0 saturated heterocycles. The zero-order chi connectivity index (χ0) is 56.4. The maximum absolute atomic E-state index is 12.9. The Balaban J connectivity index is 4.20. The summed E-state index contributed by atoms with van der Waals surface area (Å²) in [6, 6.07) is 0. The predicted octanol–water partition coefficient (Wildman–Crippen LogP) is 22.4. The second-order valence-electron chi connectivity index (χ2n) is 21.3. The number of carbonyl (C=O) groups excluding carboxylic acids is 3. The molecule has 0 radical (unpaired) electrons. The number of hydrogen-bond acceptors (Lipinski definition) is 6. The van der Waals surface area contributed by atoms with E-state index < -0.39 is 6.10 Å². The molecule has 0 amide bonds. The van der Waals surface area contributed by atoms with Crippen LogP contribution in [0.15, 0.2) is 122 Å². The van der Waals surface area contributed by atoms with Gasteiger partial charge in [-0.25, -0.2) is 0 Å². The lowest BCUT2D eigenvalue weighted by molar-refractivity contribution is -0.167. The predicted molar refractivity (Wildman–Crippen MR) is 339 cm³/mol. The lowest BCUT2D eigenvalue weighted by atomic mass is 10.0. The van der Waals surface area contributed by atoms with Gasteiger partial charge in [0.05, 0.1) is 0 Å². The molecule has 0 saturated carbocycles. The topological polar surface area (TPSA) is 78.9 Å². The fraction of sp³-hybridized carbons (Fsp3) is 0.681. The van der Waals surface area contributed by atoms with Crippen LogP contribution in [0, 0.1) is 0 Å². The summed E-state index contributed by atoms with van der Waals surface area (Å²) in [4.78, 5) is 38.2. The zero-order valence-corrected chi connectivity index (χ0v) is 50.9. The first-order chi connectivity index (χ1) is 38.5. The first-order valence-corrected chi connectivity index (χ1v) is 32.5. The van der Waals surface area contributed by atoms with Crippen molar-refractivity contribution in [2.24, 2.45) is 0 Å². The maximum atomic E-state index is 12.9. The Morgan fingerprint density at radius 2 is 0.526 bits per heavy atom. The van der Waals surface area contributed by atoms with Gasteiger partial charge in [-0.3, -0.25) is 14.4 Å². The lowest BCUT2D eigenvalue weighted by Gasteiger charge is -2.18. The van der Waals surface area contributed by atoms with E-state index in [-0.39, 0.29) is 31.1 Å². The molecule has 0 aliphatic rings. The normalized spacial score (nSPS) is 12.9. The summed E-state index contributed by atoms with van der Waals surface area (Å²) in [5.41, 5.74) is 0. The van der Waals surface area contributed by atoms with Gasteiger partial charge in [0.25, 0.3) is 0 Å². The SMILES string of the molecule is CC/C=C\C/C=C\C/C=C\C/C=C\C/C=C\C/C=C\C/C=C\C/C=C\C/C=C\CCCCCCCCCC(=O)OCC(COC(=O)CCCCCCC/C=C\CCC)OC(=O)CCCCCCCCCCCCCCCCC. The van der Waals surface area contributed by atoms with Gasteiger partial charge in [0.2, 0.25) is 0 Å². The average Bonchev–Trinajstić information content (AvgIpc) is 3.44. The van der Waals surface area contributed by atoms with E-state index in [4.69, 9.17) is 14.2 Å². The second kappa shape index (κ2) is 65.3. The molecule has 6 nitrogen and oxygen atoms in total. The summed E-state index contributed by atoms with van der Waals surface area (Å²) in [6.45, 7) is 6.46. The number of ether oxygens (including phenoxy) is 3. The molecule has 0 heterocycles. The Morgan fingerprint density at radius 3 is 0.846 bits per heavy atom. The van der Waals surface area contributed by atoms with Crippen LogP contribution < -0.4 is 0 Å². The van der Waals surface area contributed by atoms with Crippen LogP contribution in [0.5, 0.6) is 0 Å². The molecular weight excluding hydrogens is 961 g/mol. The van der Waals surface area contributed by atoms with Crippen LogP contribution in [-0.2, 0) is 28.6 Å². The Kier molecular flexibility index (Phi) is 61.8. The van der Waals surface area contributed by atoms with Crippen LogP contribution in [0.25, 0.3) is 0 Å². The van der Waals surface area contributed by atoms with E-state index in [1.165, 1.54) is 122 Å². The molecule has 78 heavy (non-hydrogen) atoms. The van der Waals surface area contributed by atoms with Crippen molar-refractivity contribution >= 4 is 17.9 Å². The molecule has 1 unspecified atom stereocenters. The van der Waals surface area contributed by atoms with Gasteiger partial charge in [-0.05, 0) is 109 Å². The molecule has 0 aromatic heterocycles. The summed E-state index contributed by atoms with van der Waals surface area (Å²) in [5, 5.41) is 0. The van der Waals surface area contributed by atoms with Crippen molar-refractivity contribution in [3.8, 4) is 0 Å². The Labute approximate surface area is 482 Å². The fourth-order valence-electron chi connectivity index (χ4n) is 8.85. The average molecular weight is 1080 g/mol. The van der Waals surface area contributed by atoms with Gasteiger partial charge in [-0.15, -0.1) is 0 Å². The number of esters is 3. The number of hydrogen-bond donors (Lipinski definition) is 0. The molecule has 0 rings (SSSR count). The third-order valence-corrected chi connectivity index (χ3v) is 13.7. The standard InChI is InChI=1S/C72H120O6/c1-4-7-10-13-16-19-22-24-26-27-28-29-30-31-32-33-34-35-36-37-38-39-40-41-42-43-44-45-47-48-50-53-56-59-62-65-71(74)77-68-69(67-76-70(73)64-61-58-55-52-21-18-15-12-9-6-3)78-72(75)66-63-60-57-54-51-49-46-25-23-20-17-14-11-8-5-2/h7,10,12,15-16,19,24,26,28-29,31-32,34-35,37-38,40-41,43-44,69H,4-6,8-9,11,13-14,17-18,20-23,25,27,30,33,36,39,42,45-68H2,1-3H3/b10-7-,15-12-,19-16-,26-24-,29-28-,32-31-,35-34-,38-37-,41-40-,44-43-. The summed E-state index contributed by atoms with van der Waals surface area (Å²) < 4.78 is 16.9. The second-order valence-corrected chi connectivity index (χ2v) is 21.3. The smallest absolute Gasteiger partial charge is 0.306 e. The van der Waals surface area contributed by atoms with Crippen LogP contribution in [0.1, 0.15) is 297 Å². The molecule has 0 aliphatic carbocycles. The summed E-state index contributed by atoms with van der Waals surface area (Å²) >= 11 is 0. The van der Waals surface area contributed by atoms with E-state index in [2.05, 4.69) is 142 Å². The van der Waals surface area contributed by atoms with E-state index in [1.54, 1.807) is 0 Å². The number of carbonyl (C=O) groups is 3. The highest BCUT2D eigenvalue weighted by Crippen LogP contribution is 2.16. The van der Waals surface area contributed by atoms with Crippen molar-refractivity contribution in [2.45, 2.75) is 303 Å². The molecule has 0 aliphatic heterocycles. The molecule has 0 aromatic rings. The number of unbranched alkanes of at least 4 members (excludes halogenated alkanes) is 27. The first kappa shape index (κ1) is 73.8. The quantitative estimate of drug-likeness (QED) is 0.0261. The lowest BCUT2D eigenvalue weighted by Crippen LogP contribution is -2.30. The summed E-state index contributed by atoms with van der Waals surface area (Å²) in [6.07, 6.45) is 90.7. The molecule has 0 N–H and O–H groups in total. The third kappa shape index (κ3) is 62.7. The van der Waals surface area contributed by atoms with Gasteiger partial charge in [0.15, 0.2) is 6.10 Å². The fourth-order valence-corrected chi connectivity index (χ4v) is 8.85. The van der Waals surface area contributed by atoms with Crippen molar-refractivity contribution in [1.82, 2.24) is 0 Å². The molecule has 0 spiro atoms. The molecule has 0 aromatic carbocycles. The highest BCUT2D eigenvalue weighted by Gasteiger charge is 2.19. The van der Waals surface area contributed by atoms with E-state index >= 15 is 0 Å². The van der Waals surface area contributed by atoms with E-state index in [9.17, 15) is 14.4 Å². The van der Waals surface area contributed by atoms with Gasteiger partial charge in [-0.2, -0.15) is 0 Å². The van der Waals surface area contributed by atoms with E-state index in [1.807, 2.05) is 0 Å². The summed E-state index contributed by atoms with van der Waals surface area (Å²) in [7, 11) is 0. The van der Waals surface area contributed by atoms with E-state index in [0.717, 1.165) is 135 Å². The minimum Gasteiger partial charge on any atom is -0.462 e. The third-order valence-electron chi connectivity index (χ3n) is 13.7. The van der Waals surface area contributed by atoms with Crippen LogP contribution >= 0.6 is 0 Å². The largest absolute Gasteiger partial charge is 0.462 e. The molecule has 0 fully saturated rings. The molecular formula is C72H120O6. The van der Waals surface area contributed by atoms with Crippen LogP contribution in [-0.4, -0.2) is 37.2 Å². The van der Waals surface area contributed by atoms with Crippen molar-refractivity contribution in [3.05, 3.63) is 122 Å². The molecule has 444 valence electrons. The summed E-state index contributed by atoms with van der Waals surface area (Å²) in [5.74, 6) is -0.900. The monoisotopic (exact) mass is 1080 g/mol. The minimum atomic E-state index is -0.785. The van der Waals surface area contributed by atoms with Crippen LogP contribution in [0.4, 0.5) is 0 Å². The zero-order valence-electron chi connectivity index (χ0n) is 50.9. The van der Waals surface area contributed by atoms with Gasteiger partial charge in [-0.1, -0.05) is 290 Å². The van der Waals surface area contributed by atoms with Crippen molar-refractivity contribution < 1.29 is 28.6 Å². The van der Waals surface area contributed by atoms with Gasteiger partial charge in [0.1, 0.15) is 13.2 Å². The van der Waals surface area contributed by atoms with Gasteiger partial charge >= 0.3 is 17.9 Å². The molecule has 0 bridgehead atoms. The van der Waals surface area contributed by atoms with Crippen LogP contribution in [0.2, 0.25) is 0 Å². The van der Waals surface area contributed by atoms with Gasteiger partial charge < -0.3 is 14.2 Å². The van der Waals surface area contributed by atoms with Crippen molar-refractivity contribution in [1.29, 1.82) is 0 Å². The number of rotatable bonds is 58. The highest BCUT2D eigenvalue weighted by atomic mass is 16.6. The number of allylic oxidation sites excluding steroid dienone is 20. The Morgan fingerprint density at radius 1 is 0.269 bits per heavy atom. The molecule has 6 heteroatoms. The highest BCUT2D eigenvalue weighted by molar-refractivity contribution is 5.71. The van der Waals surface area contributed by atoms with E-state index in [0.29, 0.717) is 19.3 Å².